The van der Waals surface area contributed by atoms with Crippen LogP contribution in [0.4, 0.5) is 0 Å². The highest BCUT2D eigenvalue weighted by Gasteiger charge is 2.22. The third-order valence-electron chi connectivity index (χ3n) is 3.66. The van der Waals surface area contributed by atoms with E-state index in [1.54, 1.807) is 6.07 Å². The number of fused-ring (bicyclic) bond motifs is 1. The summed E-state index contributed by atoms with van der Waals surface area (Å²) in [5.41, 5.74) is 9.11. The van der Waals surface area contributed by atoms with Crippen LogP contribution in [0.2, 0.25) is 10.0 Å². The maximum atomic E-state index is 6.47. The summed E-state index contributed by atoms with van der Waals surface area (Å²) in [5, 5.41) is 2.03. The molecule has 1 heterocycles. The van der Waals surface area contributed by atoms with Gasteiger partial charge in [-0.25, -0.2) is 0 Å². The van der Waals surface area contributed by atoms with Gasteiger partial charge in [-0.15, -0.1) is 0 Å². The van der Waals surface area contributed by atoms with E-state index in [1.807, 2.05) is 43.3 Å². The van der Waals surface area contributed by atoms with Gasteiger partial charge in [0.2, 0.25) is 0 Å². The number of halogens is 2. The molecule has 1 unspecified atom stereocenters. The van der Waals surface area contributed by atoms with Gasteiger partial charge in [-0.05, 0) is 17.7 Å². The fraction of sp³-hybridized carbons (Fsp3) is 0.176. The van der Waals surface area contributed by atoms with Gasteiger partial charge in [0.25, 0.3) is 0 Å². The molecule has 21 heavy (non-hydrogen) atoms. The van der Waals surface area contributed by atoms with Crippen molar-refractivity contribution in [2.24, 2.45) is 5.73 Å². The maximum absolute atomic E-state index is 6.47. The molecule has 0 aliphatic rings. The molecule has 0 aliphatic carbocycles. The molecule has 0 bridgehead atoms. The van der Waals surface area contributed by atoms with E-state index in [2.05, 4.69) is 0 Å². The molecule has 2 N–H and O–H groups in total. The molecule has 0 fully saturated rings. The highest BCUT2D eigenvalue weighted by molar-refractivity contribution is 6.42. The first-order chi connectivity index (χ1) is 10.1. The van der Waals surface area contributed by atoms with E-state index in [4.69, 9.17) is 33.4 Å². The summed E-state index contributed by atoms with van der Waals surface area (Å²) in [6, 6.07) is 13.1. The SMILES string of the molecule is CCc1oc2ccccc2c1C(N)c1cccc(Cl)c1Cl. The Morgan fingerprint density at radius 3 is 2.62 bits per heavy atom. The molecule has 0 amide bonds. The summed E-state index contributed by atoms with van der Waals surface area (Å²) in [7, 11) is 0. The van der Waals surface area contributed by atoms with Gasteiger partial charge in [-0.1, -0.05) is 60.5 Å². The number of furan rings is 1. The van der Waals surface area contributed by atoms with Crippen LogP contribution in [0, 0.1) is 0 Å². The van der Waals surface area contributed by atoms with E-state index in [-0.39, 0.29) is 6.04 Å². The molecule has 108 valence electrons. The van der Waals surface area contributed by atoms with Crippen LogP contribution in [0.15, 0.2) is 46.9 Å². The lowest BCUT2D eigenvalue weighted by atomic mass is 9.96. The van der Waals surface area contributed by atoms with E-state index in [0.29, 0.717) is 10.0 Å². The molecule has 2 nitrogen and oxygen atoms in total. The third kappa shape index (κ3) is 2.44. The average Bonchev–Trinajstić information content (AvgIpc) is 2.88. The van der Waals surface area contributed by atoms with Crippen molar-refractivity contribution in [2.45, 2.75) is 19.4 Å². The van der Waals surface area contributed by atoms with Crippen LogP contribution in [0.25, 0.3) is 11.0 Å². The number of para-hydroxylation sites is 1. The molecule has 3 rings (SSSR count). The van der Waals surface area contributed by atoms with Crippen molar-refractivity contribution in [2.75, 3.05) is 0 Å². The first-order valence-electron chi connectivity index (χ1n) is 6.83. The highest BCUT2D eigenvalue weighted by atomic mass is 35.5. The zero-order valence-electron chi connectivity index (χ0n) is 11.6. The van der Waals surface area contributed by atoms with Crippen molar-refractivity contribution in [1.82, 2.24) is 0 Å². The number of hydrogen-bond donors (Lipinski definition) is 1. The molecule has 2 aromatic carbocycles. The fourth-order valence-corrected chi connectivity index (χ4v) is 3.06. The molecule has 0 aliphatic heterocycles. The maximum Gasteiger partial charge on any atom is 0.134 e. The Morgan fingerprint density at radius 1 is 1.10 bits per heavy atom. The van der Waals surface area contributed by atoms with Crippen LogP contribution in [0.5, 0.6) is 0 Å². The monoisotopic (exact) mass is 319 g/mol. The van der Waals surface area contributed by atoms with E-state index < -0.39 is 0 Å². The molecule has 0 saturated heterocycles. The lowest BCUT2D eigenvalue weighted by molar-refractivity contribution is 0.546. The van der Waals surface area contributed by atoms with Crippen molar-refractivity contribution in [1.29, 1.82) is 0 Å². The average molecular weight is 320 g/mol. The first kappa shape index (κ1) is 14.5. The predicted octanol–water partition coefficient (Wildman–Crippen LogP) is 5.35. The van der Waals surface area contributed by atoms with Crippen molar-refractivity contribution in [3.05, 3.63) is 69.4 Å². The smallest absolute Gasteiger partial charge is 0.134 e. The Bertz CT molecular complexity index is 795. The number of rotatable bonds is 3. The second kappa shape index (κ2) is 5.72. The lowest BCUT2D eigenvalue weighted by Crippen LogP contribution is -2.13. The van der Waals surface area contributed by atoms with Gasteiger partial charge in [0.1, 0.15) is 11.3 Å². The van der Waals surface area contributed by atoms with Crippen molar-refractivity contribution in [3.8, 4) is 0 Å². The van der Waals surface area contributed by atoms with Gasteiger partial charge in [-0.2, -0.15) is 0 Å². The summed E-state index contributed by atoms with van der Waals surface area (Å²) < 4.78 is 5.90. The fourth-order valence-electron chi connectivity index (χ4n) is 2.64. The van der Waals surface area contributed by atoms with E-state index in [9.17, 15) is 0 Å². The minimum atomic E-state index is -0.366. The molecule has 4 heteroatoms. The number of hydrogen-bond acceptors (Lipinski definition) is 2. The normalized spacial score (nSPS) is 12.8. The third-order valence-corrected chi connectivity index (χ3v) is 4.49. The predicted molar refractivity (Wildman–Crippen MR) is 88.1 cm³/mol. The molecule has 1 aromatic heterocycles. The van der Waals surface area contributed by atoms with Crippen molar-refractivity contribution in [3.63, 3.8) is 0 Å². The summed E-state index contributed by atoms with van der Waals surface area (Å²) in [6.07, 6.45) is 0.774. The molecule has 1 atom stereocenters. The van der Waals surface area contributed by atoms with Gasteiger partial charge in [0.05, 0.1) is 16.1 Å². The van der Waals surface area contributed by atoms with E-state index in [0.717, 1.165) is 34.3 Å². The molecular formula is C17H15Cl2NO. The topological polar surface area (TPSA) is 39.2 Å². The highest BCUT2D eigenvalue weighted by Crippen LogP contribution is 2.37. The van der Waals surface area contributed by atoms with Gasteiger partial charge in [0.15, 0.2) is 0 Å². The zero-order valence-corrected chi connectivity index (χ0v) is 13.1. The summed E-state index contributed by atoms with van der Waals surface area (Å²) in [4.78, 5) is 0. The van der Waals surface area contributed by atoms with Crippen LogP contribution < -0.4 is 5.73 Å². The van der Waals surface area contributed by atoms with Crippen LogP contribution in [-0.2, 0) is 6.42 Å². The number of benzene rings is 2. The van der Waals surface area contributed by atoms with Crippen molar-refractivity contribution < 1.29 is 4.42 Å². The Morgan fingerprint density at radius 2 is 1.86 bits per heavy atom. The van der Waals surface area contributed by atoms with Crippen LogP contribution >= 0.6 is 23.2 Å². The van der Waals surface area contributed by atoms with Gasteiger partial charge in [-0.3, -0.25) is 0 Å². The Balaban J connectivity index is 2.21. The van der Waals surface area contributed by atoms with Gasteiger partial charge in [0, 0.05) is 17.4 Å². The Labute approximate surface area is 133 Å². The minimum Gasteiger partial charge on any atom is -0.461 e. The van der Waals surface area contributed by atoms with E-state index >= 15 is 0 Å². The van der Waals surface area contributed by atoms with Crippen LogP contribution in [-0.4, -0.2) is 0 Å². The molecule has 3 aromatic rings. The second-order valence-electron chi connectivity index (χ2n) is 4.91. The van der Waals surface area contributed by atoms with Gasteiger partial charge < -0.3 is 10.2 Å². The first-order valence-corrected chi connectivity index (χ1v) is 7.58. The largest absolute Gasteiger partial charge is 0.461 e. The molecular weight excluding hydrogens is 305 g/mol. The summed E-state index contributed by atoms with van der Waals surface area (Å²) in [5.74, 6) is 0.889. The van der Waals surface area contributed by atoms with Crippen LogP contribution in [0.3, 0.4) is 0 Å². The quantitative estimate of drug-likeness (QED) is 0.706. The van der Waals surface area contributed by atoms with Crippen molar-refractivity contribution >= 4 is 34.2 Å². The van der Waals surface area contributed by atoms with E-state index in [1.165, 1.54) is 0 Å². The zero-order chi connectivity index (χ0) is 15.0. The minimum absolute atomic E-state index is 0.366. The standard InChI is InChI=1S/C17H15Cl2NO/c1-2-13-15(10-6-3-4-9-14(10)21-13)17(20)11-7-5-8-12(18)16(11)19/h3-9,17H,2,20H2,1H3. The lowest BCUT2D eigenvalue weighted by Gasteiger charge is -2.15. The number of aryl methyl sites for hydroxylation is 1. The Kier molecular flexibility index (Phi) is 3.94. The number of nitrogens with two attached hydrogens (primary N) is 1. The second-order valence-corrected chi connectivity index (χ2v) is 5.69. The summed E-state index contributed by atoms with van der Waals surface area (Å²) >= 11 is 12.4. The molecule has 0 spiro atoms. The molecule has 0 radical (unpaired) electrons. The molecule has 0 saturated carbocycles. The van der Waals surface area contributed by atoms with Crippen LogP contribution in [0.1, 0.15) is 29.9 Å². The summed E-state index contributed by atoms with van der Waals surface area (Å²) in [6.45, 7) is 2.05. The van der Waals surface area contributed by atoms with Gasteiger partial charge >= 0.3 is 0 Å². The Hall–Kier alpha value is -1.48.